The van der Waals surface area contributed by atoms with Crippen LogP contribution >= 0.6 is 34.4 Å². The fraction of sp³-hybridized carbons (Fsp3) is 0.0556. The lowest BCUT2D eigenvalue weighted by Gasteiger charge is -1.99. The molecular weight excluding hydrogens is 340 g/mol. The first-order chi connectivity index (χ1) is 11.3. The maximum Gasteiger partial charge on any atom is 0.138 e. The van der Waals surface area contributed by atoms with Gasteiger partial charge in [-0.15, -0.1) is 34.4 Å². The van der Waals surface area contributed by atoms with Gasteiger partial charge in [0.15, 0.2) is 0 Å². The molecule has 0 saturated carbocycles. The van der Waals surface area contributed by atoms with Gasteiger partial charge >= 0.3 is 0 Å². The minimum atomic E-state index is 0.921. The van der Waals surface area contributed by atoms with Crippen LogP contribution in [-0.2, 0) is 0 Å². The van der Waals surface area contributed by atoms with E-state index in [9.17, 15) is 0 Å². The summed E-state index contributed by atoms with van der Waals surface area (Å²) in [6.45, 7) is 0. The Kier molecular flexibility index (Phi) is 4.08. The van der Waals surface area contributed by atoms with Gasteiger partial charge in [-0.2, -0.15) is 0 Å². The minimum Gasteiger partial charge on any atom is -0.337 e. The van der Waals surface area contributed by atoms with Gasteiger partial charge in [0, 0.05) is 10.5 Å². The van der Waals surface area contributed by atoms with Crippen LogP contribution in [0.5, 0.6) is 0 Å². The van der Waals surface area contributed by atoms with Crippen molar-refractivity contribution < 1.29 is 0 Å². The van der Waals surface area contributed by atoms with Gasteiger partial charge in [-0.3, -0.25) is 0 Å². The van der Waals surface area contributed by atoms with Crippen molar-refractivity contribution in [3.8, 4) is 32.5 Å². The first-order valence-electron chi connectivity index (χ1n) is 7.17. The fourth-order valence-corrected chi connectivity index (χ4v) is 4.30. The molecule has 3 aromatic heterocycles. The highest BCUT2D eigenvalue weighted by Gasteiger charge is 2.16. The Morgan fingerprint density at radius 2 is 1.61 bits per heavy atom. The minimum absolute atomic E-state index is 0.921. The number of thioether (sulfide) groups is 1. The Bertz CT molecular complexity index is 837. The number of imidazole rings is 1. The van der Waals surface area contributed by atoms with Crippen molar-refractivity contribution in [3.05, 3.63) is 59.3 Å². The van der Waals surface area contributed by atoms with E-state index >= 15 is 0 Å². The van der Waals surface area contributed by atoms with Gasteiger partial charge < -0.3 is 4.98 Å². The number of nitrogens with one attached hydrogen (secondary N) is 1. The van der Waals surface area contributed by atoms with Crippen molar-refractivity contribution in [1.82, 2.24) is 9.97 Å². The molecule has 2 nitrogen and oxygen atoms in total. The van der Waals surface area contributed by atoms with E-state index in [1.54, 1.807) is 34.4 Å². The van der Waals surface area contributed by atoms with Crippen LogP contribution in [0.4, 0.5) is 0 Å². The summed E-state index contributed by atoms with van der Waals surface area (Å²) in [4.78, 5) is 12.1. The first kappa shape index (κ1) is 14.8. The van der Waals surface area contributed by atoms with Gasteiger partial charge in [-0.05, 0) is 41.3 Å². The lowest BCUT2D eigenvalue weighted by atomic mass is 10.2. The molecular formula is C18H14N2S3. The maximum absolute atomic E-state index is 4.89. The molecule has 0 bridgehead atoms. The van der Waals surface area contributed by atoms with E-state index in [1.165, 1.54) is 14.6 Å². The second-order valence-electron chi connectivity index (χ2n) is 4.99. The van der Waals surface area contributed by atoms with Crippen LogP contribution in [-0.4, -0.2) is 16.2 Å². The molecule has 1 aromatic carbocycles. The zero-order chi connectivity index (χ0) is 15.6. The average molecular weight is 355 g/mol. The molecule has 1 N–H and O–H groups in total. The predicted molar refractivity (Wildman–Crippen MR) is 102 cm³/mol. The SMILES string of the molecule is CSc1ccc(-c2nc(-c3cccs3)c(-c3cccs3)[nH]2)cc1. The molecule has 0 amide bonds. The van der Waals surface area contributed by atoms with E-state index in [2.05, 4.69) is 70.5 Å². The Morgan fingerprint density at radius 3 is 2.22 bits per heavy atom. The van der Waals surface area contributed by atoms with E-state index in [0.717, 1.165) is 22.8 Å². The van der Waals surface area contributed by atoms with Crippen LogP contribution in [0.3, 0.4) is 0 Å². The van der Waals surface area contributed by atoms with Crippen molar-refractivity contribution >= 4 is 34.4 Å². The van der Waals surface area contributed by atoms with Crippen molar-refractivity contribution in [2.75, 3.05) is 6.26 Å². The van der Waals surface area contributed by atoms with Gasteiger partial charge in [0.2, 0.25) is 0 Å². The van der Waals surface area contributed by atoms with E-state index < -0.39 is 0 Å². The molecule has 0 unspecified atom stereocenters. The number of aromatic nitrogens is 2. The molecule has 0 aliphatic rings. The molecule has 0 radical (unpaired) electrons. The summed E-state index contributed by atoms with van der Waals surface area (Å²) in [5.74, 6) is 0.921. The monoisotopic (exact) mass is 354 g/mol. The lowest BCUT2D eigenvalue weighted by Crippen LogP contribution is -1.80. The molecule has 0 aliphatic carbocycles. The Labute approximate surface area is 147 Å². The number of H-pyrrole nitrogens is 1. The number of benzene rings is 1. The quantitative estimate of drug-likeness (QED) is 0.438. The second-order valence-corrected chi connectivity index (χ2v) is 7.77. The number of aromatic amines is 1. The third kappa shape index (κ3) is 2.87. The van der Waals surface area contributed by atoms with E-state index in [-0.39, 0.29) is 0 Å². The molecule has 114 valence electrons. The molecule has 23 heavy (non-hydrogen) atoms. The Hall–Kier alpha value is -1.82. The number of hydrogen-bond acceptors (Lipinski definition) is 4. The third-order valence-corrected chi connectivity index (χ3v) is 6.10. The van der Waals surface area contributed by atoms with Gasteiger partial charge in [0.05, 0.1) is 15.4 Å². The summed E-state index contributed by atoms with van der Waals surface area (Å²) in [5.41, 5.74) is 3.25. The number of rotatable bonds is 4. The summed E-state index contributed by atoms with van der Waals surface area (Å²) in [5, 5.41) is 4.19. The van der Waals surface area contributed by atoms with E-state index in [0.29, 0.717) is 0 Å². The van der Waals surface area contributed by atoms with Crippen LogP contribution < -0.4 is 0 Å². The van der Waals surface area contributed by atoms with Crippen molar-refractivity contribution in [3.63, 3.8) is 0 Å². The summed E-state index contributed by atoms with van der Waals surface area (Å²) in [6, 6.07) is 16.9. The number of nitrogens with zero attached hydrogens (tertiary/aromatic N) is 1. The Balaban J connectivity index is 1.84. The van der Waals surface area contributed by atoms with Gasteiger partial charge in [-0.25, -0.2) is 4.98 Å². The number of thiophene rings is 2. The number of hydrogen-bond donors (Lipinski definition) is 1. The van der Waals surface area contributed by atoms with E-state index in [1.807, 2.05) is 0 Å². The van der Waals surface area contributed by atoms with Gasteiger partial charge in [0.1, 0.15) is 11.5 Å². The first-order valence-corrected chi connectivity index (χ1v) is 10.2. The molecule has 4 aromatic rings. The summed E-state index contributed by atoms with van der Waals surface area (Å²) in [7, 11) is 0. The van der Waals surface area contributed by atoms with Crippen LogP contribution in [0.2, 0.25) is 0 Å². The lowest BCUT2D eigenvalue weighted by molar-refractivity contribution is 1.30. The average Bonchev–Trinajstić information content (AvgIpc) is 3.34. The zero-order valence-corrected chi connectivity index (χ0v) is 14.9. The molecule has 0 saturated heterocycles. The highest BCUT2D eigenvalue weighted by Crippen LogP contribution is 2.37. The molecule has 5 heteroatoms. The van der Waals surface area contributed by atoms with Crippen LogP contribution in [0.15, 0.2) is 64.2 Å². The highest BCUT2D eigenvalue weighted by atomic mass is 32.2. The largest absolute Gasteiger partial charge is 0.337 e. The second kappa shape index (κ2) is 6.35. The van der Waals surface area contributed by atoms with Crippen molar-refractivity contribution in [2.45, 2.75) is 4.90 Å². The molecule has 0 atom stereocenters. The van der Waals surface area contributed by atoms with E-state index in [4.69, 9.17) is 4.98 Å². The van der Waals surface area contributed by atoms with Crippen molar-refractivity contribution in [2.24, 2.45) is 0 Å². The normalized spacial score (nSPS) is 11.0. The van der Waals surface area contributed by atoms with Crippen LogP contribution in [0.1, 0.15) is 0 Å². The van der Waals surface area contributed by atoms with Crippen molar-refractivity contribution in [1.29, 1.82) is 0 Å². The maximum atomic E-state index is 4.89. The van der Waals surface area contributed by atoms with Gasteiger partial charge in [-0.1, -0.05) is 24.3 Å². The predicted octanol–water partition coefficient (Wildman–Crippen LogP) is 6.26. The standard InChI is InChI=1S/C18H14N2S3/c1-21-13-8-6-12(7-9-13)18-19-16(14-4-2-10-22-14)17(20-18)15-5-3-11-23-15/h2-11H,1H3,(H,19,20). The molecule has 0 spiro atoms. The zero-order valence-electron chi connectivity index (χ0n) is 12.4. The van der Waals surface area contributed by atoms with Gasteiger partial charge in [0.25, 0.3) is 0 Å². The molecule has 0 aliphatic heterocycles. The third-order valence-electron chi connectivity index (χ3n) is 3.59. The fourth-order valence-electron chi connectivity index (χ4n) is 2.45. The molecule has 4 rings (SSSR count). The Morgan fingerprint density at radius 1 is 0.913 bits per heavy atom. The van der Waals surface area contributed by atoms with Crippen LogP contribution in [0, 0.1) is 0 Å². The molecule has 0 fully saturated rings. The topological polar surface area (TPSA) is 28.7 Å². The summed E-state index contributed by atoms with van der Waals surface area (Å²) >= 11 is 5.20. The summed E-state index contributed by atoms with van der Waals surface area (Å²) in [6.07, 6.45) is 2.09. The summed E-state index contributed by atoms with van der Waals surface area (Å²) < 4.78 is 0. The highest BCUT2D eigenvalue weighted by molar-refractivity contribution is 7.98. The smallest absolute Gasteiger partial charge is 0.138 e. The van der Waals surface area contributed by atoms with Crippen LogP contribution in [0.25, 0.3) is 32.5 Å². The molecule has 3 heterocycles.